The maximum atomic E-state index is 12.7. The van der Waals surface area contributed by atoms with Gasteiger partial charge in [0.25, 0.3) is 0 Å². The van der Waals surface area contributed by atoms with Crippen LogP contribution in [0.1, 0.15) is 36.2 Å². The van der Waals surface area contributed by atoms with Crippen LogP contribution in [0.4, 0.5) is 0 Å². The number of benzene rings is 1. The van der Waals surface area contributed by atoms with Gasteiger partial charge in [0.1, 0.15) is 0 Å². The molecule has 0 heterocycles. The van der Waals surface area contributed by atoms with E-state index in [0.29, 0.717) is 18.5 Å². The van der Waals surface area contributed by atoms with Crippen LogP contribution < -0.4 is 5.73 Å². The first kappa shape index (κ1) is 22.9. The first-order valence-electron chi connectivity index (χ1n) is 7.52. The smallest absolute Gasteiger partial charge is 0.338 e. The highest BCUT2D eigenvalue weighted by atomic mass is 35.5. The fourth-order valence-electron chi connectivity index (χ4n) is 2.18. The van der Waals surface area contributed by atoms with Crippen LogP contribution in [0.3, 0.4) is 0 Å². The van der Waals surface area contributed by atoms with Gasteiger partial charge < -0.3 is 10.5 Å². The average molecular weight is 379 g/mol. The van der Waals surface area contributed by atoms with E-state index in [0.717, 1.165) is 0 Å². The Morgan fingerprint density at radius 3 is 2.42 bits per heavy atom. The van der Waals surface area contributed by atoms with Crippen molar-refractivity contribution in [1.82, 2.24) is 4.31 Å². The van der Waals surface area contributed by atoms with Gasteiger partial charge in [-0.1, -0.05) is 19.9 Å². The summed E-state index contributed by atoms with van der Waals surface area (Å²) in [5, 5.41) is 0. The molecule has 1 unspecified atom stereocenters. The third-order valence-corrected chi connectivity index (χ3v) is 6.01. The molecule has 1 atom stereocenters. The van der Waals surface area contributed by atoms with E-state index in [4.69, 9.17) is 5.73 Å². The van der Waals surface area contributed by atoms with Gasteiger partial charge in [-0.15, -0.1) is 12.4 Å². The lowest BCUT2D eigenvalue weighted by Crippen LogP contribution is -2.35. The normalized spacial score (nSPS) is 12.8. The molecule has 2 N–H and O–H groups in total. The number of methoxy groups -OCH3 is 1. The fourth-order valence-corrected chi connectivity index (χ4v) is 3.61. The zero-order valence-corrected chi connectivity index (χ0v) is 16.4. The van der Waals surface area contributed by atoms with E-state index in [1.807, 2.05) is 13.8 Å². The highest BCUT2D eigenvalue weighted by Gasteiger charge is 2.25. The van der Waals surface area contributed by atoms with Gasteiger partial charge in [0.2, 0.25) is 10.0 Å². The van der Waals surface area contributed by atoms with E-state index in [2.05, 4.69) is 4.74 Å². The number of nitrogens with two attached hydrogens (primary N) is 1. The summed E-state index contributed by atoms with van der Waals surface area (Å²) < 4.78 is 31.4. The average Bonchev–Trinajstić information content (AvgIpc) is 2.51. The molecule has 0 saturated heterocycles. The van der Waals surface area contributed by atoms with Gasteiger partial charge in [0, 0.05) is 19.6 Å². The molecule has 0 saturated carbocycles. The highest BCUT2D eigenvalue weighted by Crippen LogP contribution is 2.23. The first-order chi connectivity index (χ1) is 10.6. The molecule has 1 rings (SSSR count). The summed E-state index contributed by atoms with van der Waals surface area (Å²) >= 11 is 0. The summed E-state index contributed by atoms with van der Waals surface area (Å²) in [4.78, 5) is 11.8. The maximum Gasteiger partial charge on any atom is 0.338 e. The Hall–Kier alpha value is -1.15. The molecule has 0 aromatic heterocycles. The predicted octanol–water partition coefficient (Wildman–Crippen LogP) is 2.20. The molecule has 6 nitrogen and oxygen atoms in total. The van der Waals surface area contributed by atoms with Crippen LogP contribution in [0.5, 0.6) is 0 Å². The van der Waals surface area contributed by atoms with E-state index < -0.39 is 16.0 Å². The number of halogens is 1. The first-order valence-corrected chi connectivity index (χ1v) is 8.96. The Kier molecular flexibility index (Phi) is 8.91. The van der Waals surface area contributed by atoms with Gasteiger partial charge in [0.15, 0.2) is 0 Å². The van der Waals surface area contributed by atoms with Crippen LogP contribution in [-0.2, 0) is 14.8 Å². The van der Waals surface area contributed by atoms with E-state index in [1.165, 1.54) is 24.5 Å². The molecule has 0 aliphatic heterocycles. The SMILES string of the molecule is COC(=O)c1cccc(S(=O)(=O)N(C)CCC(N)C(C)C)c1C.Cl. The lowest BCUT2D eigenvalue weighted by molar-refractivity contribution is 0.0599. The monoisotopic (exact) mass is 378 g/mol. The quantitative estimate of drug-likeness (QED) is 0.734. The van der Waals surface area contributed by atoms with Gasteiger partial charge in [-0.2, -0.15) is 0 Å². The second kappa shape index (κ2) is 9.36. The number of hydrogen-bond donors (Lipinski definition) is 1. The minimum atomic E-state index is -3.69. The molecular formula is C16H27ClN2O4S. The van der Waals surface area contributed by atoms with Gasteiger partial charge in [-0.05, 0) is 37.0 Å². The number of rotatable bonds is 7. The van der Waals surface area contributed by atoms with Crippen LogP contribution in [0.2, 0.25) is 0 Å². The van der Waals surface area contributed by atoms with Crippen LogP contribution in [0.15, 0.2) is 23.1 Å². The van der Waals surface area contributed by atoms with Crippen LogP contribution in [0, 0.1) is 12.8 Å². The second-order valence-electron chi connectivity index (χ2n) is 5.94. The Morgan fingerprint density at radius 1 is 1.33 bits per heavy atom. The zero-order chi connectivity index (χ0) is 17.8. The van der Waals surface area contributed by atoms with E-state index in [-0.39, 0.29) is 34.8 Å². The number of sulfonamides is 1. The van der Waals surface area contributed by atoms with Crippen molar-refractivity contribution < 1.29 is 17.9 Å². The van der Waals surface area contributed by atoms with Crippen molar-refractivity contribution in [3.63, 3.8) is 0 Å². The summed E-state index contributed by atoms with van der Waals surface area (Å²) in [5.41, 5.74) is 6.61. The Balaban J connectivity index is 0.00000529. The van der Waals surface area contributed by atoms with E-state index >= 15 is 0 Å². The molecule has 24 heavy (non-hydrogen) atoms. The lowest BCUT2D eigenvalue weighted by atomic mass is 10.0. The van der Waals surface area contributed by atoms with Crippen molar-refractivity contribution in [2.45, 2.75) is 38.1 Å². The van der Waals surface area contributed by atoms with Crippen molar-refractivity contribution in [3.8, 4) is 0 Å². The summed E-state index contributed by atoms with van der Waals surface area (Å²) in [6, 6.07) is 4.53. The molecule has 1 aromatic carbocycles. The predicted molar refractivity (Wildman–Crippen MR) is 97.0 cm³/mol. The molecule has 0 fully saturated rings. The molecule has 0 aliphatic carbocycles. The number of nitrogens with zero attached hydrogens (tertiary/aromatic N) is 1. The number of ether oxygens (including phenoxy) is 1. The number of carbonyl (C=O) groups is 1. The van der Waals surface area contributed by atoms with Gasteiger partial charge in [0.05, 0.1) is 17.6 Å². The standard InChI is InChI=1S/C16H26N2O4S.ClH/c1-11(2)14(17)9-10-18(4)23(20,21)15-8-6-7-13(12(15)3)16(19)22-5;/h6-8,11,14H,9-10,17H2,1-5H3;1H. The van der Waals surface area contributed by atoms with E-state index in [1.54, 1.807) is 19.1 Å². The van der Waals surface area contributed by atoms with Gasteiger partial charge >= 0.3 is 5.97 Å². The molecule has 138 valence electrons. The maximum absolute atomic E-state index is 12.7. The summed E-state index contributed by atoms with van der Waals surface area (Å²) in [5.74, 6) is -0.264. The number of carbonyl (C=O) groups excluding carboxylic acids is 1. The fraction of sp³-hybridized carbons (Fsp3) is 0.562. The molecular weight excluding hydrogens is 352 g/mol. The van der Waals surface area contributed by atoms with Crippen molar-refractivity contribution in [2.75, 3.05) is 20.7 Å². The molecule has 0 spiro atoms. The Labute approximate surface area is 150 Å². The zero-order valence-electron chi connectivity index (χ0n) is 14.8. The topological polar surface area (TPSA) is 89.7 Å². The lowest BCUT2D eigenvalue weighted by Gasteiger charge is -2.22. The van der Waals surface area contributed by atoms with Crippen molar-refractivity contribution >= 4 is 28.4 Å². The van der Waals surface area contributed by atoms with Crippen LogP contribution in [0.25, 0.3) is 0 Å². The number of hydrogen-bond acceptors (Lipinski definition) is 5. The minimum Gasteiger partial charge on any atom is -0.465 e. The third-order valence-electron chi connectivity index (χ3n) is 4.01. The second-order valence-corrected chi connectivity index (χ2v) is 7.96. The Bertz CT molecular complexity index is 662. The van der Waals surface area contributed by atoms with Gasteiger partial charge in [-0.3, -0.25) is 0 Å². The van der Waals surface area contributed by atoms with Crippen LogP contribution >= 0.6 is 12.4 Å². The van der Waals surface area contributed by atoms with Crippen molar-refractivity contribution in [3.05, 3.63) is 29.3 Å². The largest absolute Gasteiger partial charge is 0.465 e. The van der Waals surface area contributed by atoms with Crippen LogP contribution in [-0.4, -0.2) is 45.4 Å². The molecule has 0 amide bonds. The molecule has 8 heteroatoms. The molecule has 0 radical (unpaired) electrons. The van der Waals surface area contributed by atoms with Gasteiger partial charge in [-0.25, -0.2) is 17.5 Å². The van der Waals surface area contributed by atoms with Crippen molar-refractivity contribution in [1.29, 1.82) is 0 Å². The van der Waals surface area contributed by atoms with E-state index in [9.17, 15) is 13.2 Å². The summed E-state index contributed by atoms with van der Waals surface area (Å²) in [6.07, 6.45) is 0.573. The summed E-state index contributed by atoms with van der Waals surface area (Å²) in [6.45, 7) is 5.93. The minimum absolute atomic E-state index is 0. The summed E-state index contributed by atoms with van der Waals surface area (Å²) in [7, 11) is -0.899. The highest BCUT2D eigenvalue weighted by molar-refractivity contribution is 7.89. The molecule has 0 aliphatic rings. The Morgan fingerprint density at radius 2 is 1.92 bits per heavy atom. The third kappa shape index (κ3) is 5.17. The number of esters is 1. The molecule has 1 aromatic rings. The van der Waals surface area contributed by atoms with Crippen molar-refractivity contribution in [2.24, 2.45) is 11.7 Å². The molecule has 0 bridgehead atoms.